The number of nitrogens with one attached hydrogen (secondary N) is 2. The second-order valence-electron chi connectivity index (χ2n) is 7.20. The van der Waals surface area contributed by atoms with Gasteiger partial charge in [-0.15, -0.1) is 0 Å². The first-order valence-electron chi connectivity index (χ1n) is 9.82. The lowest BCUT2D eigenvalue weighted by Crippen LogP contribution is -2.22. The molecule has 31 heavy (non-hydrogen) atoms. The van der Waals surface area contributed by atoms with Crippen LogP contribution in [0.1, 0.15) is 56.3 Å². The fraction of sp³-hybridized carbons (Fsp3) is 0.208. The van der Waals surface area contributed by atoms with Gasteiger partial charge in [-0.1, -0.05) is 42.5 Å². The number of ether oxygens (including phenoxy) is 1. The van der Waals surface area contributed by atoms with Gasteiger partial charge < -0.3 is 20.1 Å². The summed E-state index contributed by atoms with van der Waals surface area (Å²) >= 11 is 0. The summed E-state index contributed by atoms with van der Waals surface area (Å²) in [6.45, 7) is 4.54. The molecule has 0 spiro atoms. The van der Waals surface area contributed by atoms with Gasteiger partial charge in [0.2, 0.25) is 0 Å². The van der Waals surface area contributed by atoms with Gasteiger partial charge in [-0.3, -0.25) is 9.59 Å². The van der Waals surface area contributed by atoms with Gasteiger partial charge in [0.05, 0.1) is 11.8 Å². The van der Waals surface area contributed by atoms with Crippen molar-refractivity contribution in [3.05, 3.63) is 88.2 Å². The highest BCUT2D eigenvalue weighted by Crippen LogP contribution is 2.25. The van der Waals surface area contributed by atoms with Crippen molar-refractivity contribution in [2.24, 2.45) is 0 Å². The molecular weight excluding hydrogens is 396 g/mol. The third kappa shape index (κ3) is 4.90. The Morgan fingerprint density at radius 1 is 1.03 bits per heavy atom. The van der Waals surface area contributed by atoms with Crippen LogP contribution in [0.2, 0.25) is 0 Å². The van der Waals surface area contributed by atoms with Gasteiger partial charge in [0.1, 0.15) is 5.69 Å². The van der Waals surface area contributed by atoms with Crippen molar-refractivity contribution in [2.75, 3.05) is 11.9 Å². The molecule has 7 nitrogen and oxygen atoms in total. The number of ketones is 1. The number of aromatic amines is 1. The van der Waals surface area contributed by atoms with Crippen LogP contribution in [0.3, 0.4) is 0 Å². The number of aromatic nitrogens is 1. The smallest absolute Gasteiger partial charge is 0.355 e. The summed E-state index contributed by atoms with van der Waals surface area (Å²) in [4.78, 5) is 40.4. The lowest BCUT2D eigenvalue weighted by molar-refractivity contribution is -0.119. The average molecular weight is 420 g/mol. The normalized spacial score (nSPS) is 11.6. The number of para-hydroxylation sites is 1. The van der Waals surface area contributed by atoms with Crippen LogP contribution in [0, 0.1) is 13.8 Å². The van der Waals surface area contributed by atoms with E-state index in [0.717, 1.165) is 0 Å². The van der Waals surface area contributed by atoms with Crippen molar-refractivity contribution >= 4 is 23.3 Å². The maximum Gasteiger partial charge on any atom is 0.355 e. The SMILES string of the molecule is Cc1[nH]c(C(=O)OCC(=O)Nc2ccccc2C(=O)c2ccccc2)c(C)c1[C@@H](C)O. The molecule has 0 saturated carbocycles. The monoisotopic (exact) mass is 420 g/mol. The fourth-order valence-corrected chi connectivity index (χ4v) is 3.52. The molecule has 1 amide bonds. The van der Waals surface area contributed by atoms with E-state index in [1.165, 1.54) is 0 Å². The Morgan fingerprint density at radius 3 is 2.32 bits per heavy atom. The first kappa shape index (κ1) is 22.0. The summed E-state index contributed by atoms with van der Waals surface area (Å²) in [5, 5.41) is 12.5. The average Bonchev–Trinajstić information content (AvgIpc) is 3.06. The number of benzene rings is 2. The molecule has 1 atom stereocenters. The van der Waals surface area contributed by atoms with Crippen LogP contribution in [0.4, 0.5) is 5.69 Å². The minimum Gasteiger partial charge on any atom is -0.451 e. The number of aryl methyl sites for hydroxylation is 1. The van der Waals surface area contributed by atoms with Crippen molar-refractivity contribution in [2.45, 2.75) is 26.9 Å². The number of H-pyrrole nitrogens is 1. The predicted octanol–water partition coefficient (Wildman–Crippen LogP) is 3.71. The van der Waals surface area contributed by atoms with Gasteiger partial charge in [0, 0.05) is 22.4 Å². The lowest BCUT2D eigenvalue weighted by Gasteiger charge is -2.11. The molecule has 1 heterocycles. The number of rotatable bonds is 7. The van der Waals surface area contributed by atoms with Crippen molar-refractivity contribution in [3.63, 3.8) is 0 Å². The molecule has 0 saturated heterocycles. The largest absolute Gasteiger partial charge is 0.451 e. The van der Waals surface area contributed by atoms with E-state index in [4.69, 9.17) is 4.74 Å². The molecule has 0 unspecified atom stereocenters. The zero-order valence-corrected chi connectivity index (χ0v) is 17.6. The Labute approximate surface area is 180 Å². The maximum absolute atomic E-state index is 12.8. The summed E-state index contributed by atoms with van der Waals surface area (Å²) in [6.07, 6.45) is -0.736. The number of aliphatic hydroxyl groups is 1. The van der Waals surface area contributed by atoms with E-state index in [2.05, 4.69) is 10.3 Å². The second-order valence-corrected chi connectivity index (χ2v) is 7.20. The number of esters is 1. The van der Waals surface area contributed by atoms with E-state index >= 15 is 0 Å². The van der Waals surface area contributed by atoms with E-state index < -0.39 is 24.6 Å². The number of carbonyl (C=O) groups excluding carboxylic acids is 3. The molecule has 1 aromatic heterocycles. The zero-order valence-electron chi connectivity index (χ0n) is 17.6. The number of amides is 1. The number of hydrogen-bond donors (Lipinski definition) is 3. The Morgan fingerprint density at radius 2 is 1.68 bits per heavy atom. The molecule has 160 valence electrons. The standard InChI is InChI=1S/C24H24N2O5/c1-14-21(16(3)27)15(2)25-22(14)24(30)31-13-20(28)26-19-12-8-7-11-18(19)23(29)17-9-5-4-6-10-17/h4-12,16,25,27H,13H2,1-3H3,(H,26,28)/t16-/m1/s1. The summed E-state index contributed by atoms with van der Waals surface area (Å²) in [7, 11) is 0. The molecule has 0 aliphatic carbocycles. The summed E-state index contributed by atoms with van der Waals surface area (Å²) in [5.74, 6) is -1.49. The first-order valence-corrected chi connectivity index (χ1v) is 9.82. The summed E-state index contributed by atoms with van der Waals surface area (Å²) < 4.78 is 5.13. The highest BCUT2D eigenvalue weighted by molar-refractivity contribution is 6.14. The number of aliphatic hydroxyl groups excluding tert-OH is 1. The summed E-state index contributed by atoms with van der Waals surface area (Å²) in [6, 6.07) is 15.4. The van der Waals surface area contributed by atoms with E-state index in [9.17, 15) is 19.5 Å². The lowest BCUT2D eigenvalue weighted by atomic mass is 10.0. The highest BCUT2D eigenvalue weighted by atomic mass is 16.5. The van der Waals surface area contributed by atoms with E-state index in [0.29, 0.717) is 33.6 Å². The van der Waals surface area contributed by atoms with Crippen molar-refractivity contribution < 1.29 is 24.2 Å². The van der Waals surface area contributed by atoms with Gasteiger partial charge in [0.25, 0.3) is 5.91 Å². The zero-order chi connectivity index (χ0) is 22.5. The van der Waals surface area contributed by atoms with Crippen LogP contribution >= 0.6 is 0 Å². The molecule has 3 aromatic rings. The Balaban J connectivity index is 1.68. The fourth-order valence-electron chi connectivity index (χ4n) is 3.52. The Bertz CT molecular complexity index is 1120. The van der Waals surface area contributed by atoms with Crippen LogP contribution in [0.15, 0.2) is 54.6 Å². The number of anilines is 1. The van der Waals surface area contributed by atoms with Gasteiger partial charge in [-0.2, -0.15) is 0 Å². The second kappa shape index (κ2) is 9.40. The maximum atomic E-state index is 12.8. The van der Waals surface area contributed by atoms with Crippen LogP contribution in [0.25, 0.3) is 0 Å². The van der Waals surface area contributed by atoms with Crippen LogP contribution < -0.4 is 5.32 Å². The molecule has 0 aliphatic rings. The Hall–Kier alpha value is -3.71. The van der Waals surface area contributed by atoms with Crippen molar-refractivity contribution in [1.29, 1.82) is 0 Å². The molecule has 3 rings (SSSR count). The van der Waals surface area contributed by atoms with Gasteiger partial charge >= 0.3 is 5.97 Å². The topological polar surface area (TPSA) is 108 Å². The van der Waals surface area contributed by atoms with E-state index in [1.807, 2.05) is 6.07 Å². The number of hydrogen-bond acceptors (Lipinski definition) is 5. The molecule has 0 radical (unpaired) electrons. The van der Waals surface area contributed by atoms with E-state index in [1.54, 1.807) is 69.3 Å². The van der Waals surface area contributed by atoms with E-state index in [-0.39, 0.29) is 11.5 Å². The molecule has 2 aromatic carbocycles. The number of carbonyl (C=O) groups is 3. The first-order chi connectivity index (χ1) is 14.8. The van der Waals surface area contributed by atoms with Gasteiger partial charge in [-0.05, 0) is 38.5 Å². The minimum atomic E-state index is -0.736. The Kier molecular flexibility index (Phi) is 6.67. The summed E-state index contributed by atoms with van der Waals surface area (Å²) in [5.41, 5.74) is 3.24. The predicted molar refractivity (Wildman–Crippen MR) is 116 cm³/mol. The van der Waals surface area contributed by atoms with Crippen LogP contribution in [-0.4, -0.2) is 34.4 Å². The molecule has 3 N–H and O–H groups in total. The van der Waals surface area contributed by atoms with Crippen LogP contribution in [0.5, 0.6) is 0 Å². The molecule has 0 bridgehead atoms. The minimum absolute atomic E-state index is 0.195. The quantitative estimate of drug-likeness (QED) is 0.399. The molecule has 7 heteroatoms. The van der Waals surface area contributed by atoms with Crippen molar-refractivity contribution in [1.82, 2.24) is 4.98 Å². The molecular formula is C24H24N2O5. The molecule has 0 fully saturated rings. The van der Waals surface area contributed by atoms with Crippen molar-refractivity contribution in [3.8, 4) is 0 Å². The van der Waals surface area contributed by atoms with Gasteiger partial charge in [0.15, 0.2) is 12.4 Å². The van der Waals surface area contributed by atoms with Crippen LogP contribution in [-0.2, 0) is 9.53 Å². The van der Waals surface area contributed by atoms with Gasteiger partial charge in [-0.25, -0.2) is 4.79 Å². The third-order valence-corrected chi connectivity index (χ3v) is 4.93. The third-order valence-electron chi connectivity index (χ3n) is 4.93. The highest BCUT2D eigenvalue weighted by Gasteiger charge is 2.22. The molecule has 0 aliphatic heterocycles.